The number of aromatic nitrogens is 2. The van der Waals surface area contributed by atoms with Gasteiger partial charge in [0.2, 0.25) is 0 Å². The van der Waals surface area contributed by atoms with E-state index in [1.165, 1.54) is 23.9 Å². The van der Waals surface area contributed by atoms with Crippen LogP contribution in [0.25, 0.3) is 10.9 Å². The van der Waals surface area contributed by atoms with Crippen molar-refractivity contribution in [3.8, 4) is 0 Å². The molecule has 1 aromatic carbocycles. The molecule has 15 heavy (non-hydrogen) atoms. The van der Waals surface area contributed by atoms with Gasteiger partial charge in [-0.1, -0.05) is 18.2 Å². The molecule has 0 aliphatic carbocycles. The monoisotopic (exact) mass is 199 g/mol. The van der Waals surface area contributed by atoms with Crippen molar-refractivity contribution in [3.63, 3.8) is 0 Å². The minimum absolute atomic E-state index is 0.977. The maximum atomic E-state index is 4.29. The van der Waals surface area contributed by atoms with Crippen LogP contribution < -0.4 is 5.32 Å². The number of hydrogen-bond donors (Lipinski definition) is 1. The van der Waals surface area contributed by atoms with Crippen molar-refractivity contribution in [3.05, 3.63) is 30.0 Å². The lowest BCUT2D eigenvalue weighted by Crippen LogP contribution is -2.02. The van der Waals surface area contributed by atoms with E-state index >= 15 is 0 Å². The second-order valence-corrected chi connectivity index (χ2v) is 3.92. The first-order valence-corrected chi connectivity index (χ1v) is 5.43. The summed E-state index contributed by atoms with van der Waals surface area (Å²) in [5, 5.41) is 13.2. The number of anilines is 1. The zero-order chi connectivity index (χ0) is 10.1. The molecule has 0 saturated carbocycles. The Labute approximate surface area is 88.5 Å². The van der Waals surface area contributed by atoms with Crippen LogP contribution in [0.5, 0.6) is 0 Å². The molecule has 0 fully saturated rings. The van der Waals surface area contributed by atoms with Gasteiger partial charge in [-0.3, -0.25) is 0 Å². The van der Waals surface area contributed by atoms with E-state index in [-0.39, 0.29) is 0 Å². The fourth-order valence-corrected chi connectivity index (χ4v) is 2.10. The molecule has 0 saturated heterocycles. The molecular formula is C12H13N3. The highest BCUT2D eigenvalue weighted by Gasteiger charge is 2.12. The van der Waals surface area contributed by atoms with E-state index in [0.717, 1.165) is 24.2 Å². The van der Waals surface area contributed by atoms with Crippen molar-refractivity contribution in [2.24, 2.45) is 0 Å². The van der Waals surface area contributed by atoms with Gasteiger partial charge >= 0.3 is 0 Å². The molecule has 0 amide bonds. The topological polar surface area (TPSA) is 37.8 Å². The van der Waals surface area contributed by atoms with Crippen LogP contribution in [-0.2, 0) is 6.42 Å². The third-order valence-electron chi connectivity index (χ3n) is 2.88. The van der Waals surface area contributed by atoms with E-state index < -0.39 is 0 Å². The lowest BCUT2D eigenvalue weighted by molar-refractivity contribution is 0.765. The van der Waals surface area contributed by atoms with Crippen LogP contribution in [0.3, 0.4) is 0 Å². The molecule has 3 nitrogen and oxygen atoms in total. The number of nitrogens with one attached hydrogen (secondary N) is 1. The van der Waals surface area contributed by atoms with Gasteiger partial charge in [0.05, 0.1) is 16.9 Å². The normalized spacial score (nSPS) is 15.5. The van der Waals surface area contributed by atoms with E-state index in [9.17, 15) is 0 Å². The highest BCUT2D eigenvalue weighted by Crippen LogP contribution is 2.26. The van der Waals surface area contributed by atoms with Crippen molar-refractivity contribution in [2.75, 3.05) is 11.9 Å². The molecule has 0 unspecified atom stereocenters. The van der Waals surface area contributed by atoms with Gasteiger partial charge in [-0.2, -0.15) is 10.2 Å². The fraction of sp³-hybridized carbons (Fsp3) is 0.333. The van der Waals surface area contributed by atoms with Crippen molar-refractivity contribution >= 4 is 16.6 Å². The summed E-state index contributed by atoms with van der Waals surface area (Å²) >= 11 is 0. The molecule has 0 spiro atoms. The molecule has 1 aliphatic heterocycles. The number of nitrogens with zero attached hydrogens (tertiary/aromatic N) is 2. The smallest absolute Gasteiger partial charge is 0.0950 e. The summed E-state index contributed by atoms with van der Waals surface area (Å²) < 4.78 is 0. The molecular weight excluding hydrogens is 186 g/mol. The molecule has 1 aromatic heterocycles. The third-order valence-corrected chi connectivity index (χ3v) is 2.88. The van der Waals surface area contributed by atoms with E-state index in [4.69, 9.17) is 0 Å². The van der Waals surface area contributed by atoms with Gasteiger partial charge in [0.1, 0.15) is 0 Å². The highest BCUT2D eigenvalue weighted by atomic mass is 15.1. The van der Waals surface area contributed by atoms with Crippen LogP contribution in [0, 0.1) is 0 Å². The molecule has 1 N–H and O–H groups in total. The minimum Gasteiger partial charge on any atom is -0.383 e. The lowest BCUT2D eigenvalue weighted by Gasteiger charge is -2.08. The van der Waals surface area contributed by atoms with Gasteiger partial charge in [0.25, 0.3) is 0 Å². The van der Waals surface area contributed by atoms with E-state index in [2.05, 4.69) is 27.6 Å². The summed E-state index contributed by atoms with van der Waals surface area (Å²) in [6.07, 6.45) is 3.46. The number of rotatable bonds is 0. The van der Waals surface area contributed by atoms with E-state index in [0.29, 0.717) is 0 Å². The Balaban J connectivity index is 2.27. The Morgan fingerprint density at radius 3 is 3.00 bits per heavy atom. The van der Waals surface area contributed by atoms with E-state index in [1.54, 1.807) is 0 Å². The molecule has 76 valence electrons. The maximum Gasteiger partial charge on any atom is 0.0950 e. The van der Waals surface area contributed by atoms with Crippen molar-refractivity contribution in [1.29, 1.82) is 0 Å². The second kappa shape index (κ2) is 3.50. The van der Waals surface area contributed by atoms with Crippen LogP contribution in [0.4, 0.5) is 5.69 Å². The Morgan fingerprint density at radius 2 is 2.00 bits per heavy atom. The molecule has 2 heterocycles. The van der Waals surface area contributed by atoms with Gasteiger partial charge in [-0.15, -0.1) is 0 Å². The van der Waals surface area contributed by atoms with Gasteiger partial charge in [-0.25, -0.2) is 0 Å². The average Bonchev–Trinajstić information content (AvgIpc) is 2.54. The molecule has 3 heteroatoms. The zero-order valence-electron chi connectivity index (χ0n) is 8.53. The second-order valence-electron chi connectivity index (χ2n) is 3.92. The quantitative estimate of drug-likeness (QED) is 0.707. The van der Waals surface area contributed by atoms with Crippen LogP contribution in [0.1, 0.15) is 18.5 Å². The molecule has 3 rings (SSSR count). The fourth-order valence-electron chi connectivity index (χ4n) is 2.10. The molecule has 0 bridgehead atoms. The van der Waals surface area contributed by atoms with Crippen molar-refractivity contribution < 1.29 is 0 Å². The van der Waals surface area contributed by atoms with Crippen LogP contribution >= 0.6 is 0 Å². The van der Waals surface area contributed by atoms with E-state index in [1.807, 2.05) is 12.1 Å². The van der Waals surface area contributed by atoms with Crippen molar-refractivity contribution in [1.82, 2.24) is 10.2 Å². The van der Waals surface area contributed by atoms with Gasteiger partial charge in [-0.05, 0) is 25.3 Å². The summed E-state index contributed by atoms with van der Waals surface area (Å²) in [6, 6.07) is 8.17. The summed E-state index contributed by atoms with van der Waals surface area (Å²) in [5.74, 6) is 0. The summed E-state index contributed by atoms with van der Waals surface area (Å²) in [4.78, 5) is 0. The standard InChI is InChI=1S/C12H13N3/c1-2-6-10-9(5-1)12-11(15-14-10)7-3-4-8-13-12/h1-2,5-6,13H,3-4,7-8H2. The lowest BCUT2D eigenvalue weighted by atomic mass is 10.1. The van der Waals surface area contributed by atoms with Gasteiger partial charge in [0, 0.05) is 11.9 Å². The minimum atomic E-state index is 0.977. The summed E-state index contributed by atoms with van der Waals surface area (Å²) in [7, 11) is 0. The summed E-state index contributed by atoms with van der Waals surface area (Å²) in [5.41, 5.74) is 3.29. The molecule has 0 radical (unpaired) electrons. The summed E-state index contributed by atoms with van der Waals surface area (Å²) in [6.45, 7) is 1.04. The molecule has 0 atom stereocenters. The predicted molar refractivity (Wildman–Crippen MR) is 61.0 cm³/mol. The van der Waals surface area contributed by atoms with Crippen LogP contribution in [0.2, 0.25) is 0 Å². The first-order valence-electron chi connectivity index (χ1n) is 5.43. The maximum absolute atomic E-state index is 4.29. The molecule has 1 aliphatic rings. The highest BCUT2D eigenvalue weighted by molar-refractivity contribution is 5.91. The van der Waals surface area contributed by atoms with Crippen molar-refractivity contribution in [2.45, 2.75) is 19.3 Å². The number of hydrogen-bond acceptors (Lipinski definition) is 3. The van der Waals surface area contributed by atoms with Crippen LogP contribution in [-0.4, -0.2) is 16.7 Å². The third kappa shape index (κ3) is 1.44. The largest absolute Gasteiger partial charge is 0.383 e. The number of benzene rings is 1. The number of aryl methyl sites for hydroxylation is 1. The first-order chi connectivity index (χ1) is 7.45. The Hall–Kier alpha value is -1.64. The average molecular weight is 199 g/mol. The zero-order valence-corrected chi connectivity index (χ0v) is 8.53. The van der Waals surface area contributed by atoms with Gasteiger partial charge < -0.3 is 5.32 Å². The number of fused-ring (bicyclic) bond motifs is 3. The SMILES string of the molecule is c1ccc2c3c(nnc2c1)CCCCN3. The first kappa shape index (κ1) is 8.65. The Bertz CT molecular complexity index is 493. The Morgan fingerprint density at radius 1 is 1.07 bits per heavy atom. The predicted octanol–water partition coefficient (Wildman–Crippen LogP) is 2.38. The van der Waals surface area contributed by atoms with Gasteiger partial charge in [0.15, 0.2) is 0 Å². The Kier molecular flexibility index (Phi) is 2.02. The van der Waals surface area contributed by atoms with Crippen LogP contribution in [0.15, 0.2) is 24.3 Å². The molecule has 2 aromatic rings.